The van der Waals surface area contributed by atoms with Gasteiger partial charge in [0.2, 0.25) is 0 Å². The van der Waals surface area contributed by atoms with Gasteiger partial charge in [-0.2, -0.15) is 0 Å². The Morgan fingerprint density at radius 3 is 2.52 bits per heavy atom. The summed E-state index contributed by atoms with van der Waals surface area (Å²) in [6.07, 6.45) is 0. The molecule has 1 heterocycles. The number of para-hydroxylation sites is 1. The fourth-order valence-electron chi connectivity index (χ4n) is 1.50. The molecule has 4 N–H and O–H groups in total. The summed E-state index contributed by atoms with van der Waals surface area (Å²) in [7, 11) is 0. The minimum Gasteiger partial charge on any atom is -0.398 e. The number of nitrogens with zero attached hydrogens (tertiary/aromatic N) is 1. The summed E-state index contributed by atoms with van der Waals surface area (Å²) >= 11 is 1.19. The van der Waals surface area contributed by atoms with E-state index in [9.17, 15) is 14.4 Å². The molecular formula is C13H12N4O3S. The number of anilines is 2. The standard InChI is InChI=1S/C13H12N4O3S/c1-7-6-21-13(15-7)17-12(20)11(19)16-10(18)8-4-2-3-5-9(8)14/h2-6H,14H2,1H3,(H,15,17,20)(H,16,18,19). The summed E-state index contributed by atoms with van der Waals surface area (Å²) in [4.78, 5) is 39.1. The minimum absolute atomic E-state index is 0.128. The second-order valence-electron chi connectivity index (χ2n) is 4.12. The molecule has 0 saturated carbocycles. The Labute approximate surface area is 124 Å². The van der Waals surface area contributed by atoms with Gasteiger partial charge in [0.1, 0.15) is 0 Å². The zero-order chi connectivity index (χ0) is 15.4. The van der Waals surface area contributed by atoms with Crippen LogP contribution in [0.25, 0.3) is 0 Å². The number of nitrogens with one attached hydrogen (secondary N) is 2. The summed E-state index contributed by atoms with van der Waals surface area (Å²) in [6.45, 7) is 1.76. The zero-order valence-electron chi connectivity index (χ0n) is 11.0. The van der Waals surface area contributed by atoms with Crippen molar-refractivity contribution < 1.29 is 14.4 Å². The van der Waals surface area contributed by atoms with E-state index in [4.69, 9.17) is 5.73 Å². The molecule has 0 unspecified atom stereocenters. The highest BCUT2D eigenvalue weighted by molar-refractivity contribution is 7.14. The number of nitrogen functional groups attached to an aromatic ring is 1. The molecule has 108 valence electrons. The average molecular weight is 304 g/mol. The number of thiazole rings is 1. The third kappa shape index (κ3) is 3.63. The Balaban J connectivity index is 1.99. The number of aryl methyl sites for hydroxylation is 1. The summed E-state index contributed by atoms with van der Waals surface area (Å²) < 4.78 is 0. The van der Waals surface area contributed by atoms with E-state index < -0.39 is 17.7 Å². The van der Waals surface area contributed by atoms with E-state index in [1.54, 1.807) is 24.4 Å². The predicted molar refractivity (Wildman–Crippen MR) is 78.8 cm³/mol. The van der Waals surface area contributed by atoms with Gasteiger partial charge in [-0.1, -0.05) is 12.1 Å². The second-order valence-corrected chi connectivity index (χ2v) is 4.98. The van der Waals surface area contributed by atoms with Crippen LogP contribution in [0.5, 0.6) is 0 Å². The van der Waals surface area contributed by atoms with Crippen LogP contribution in [0.4, 0.5) is 10.8 Å². The first kappa shape index (κ1) is 14.7. The fraction of sp³-hybridized carbons (Fsp3) is 0.0769. The van der Waals surface area contributed by atoms with E-state index in [1.165, 1.54) is 23.5 Å². The lowest BCUT2D eigenvalue weighted by Gasteiger charge is -2.05. The Kier molecular flexibility index (Phi) is 4.29. The molecule has 3 amide bonds. The van der Waals surface area contributed by atoms with E-state index in [0.717, 1.165) is 5.69 Å². The molecule has 1 aromatic heterocycles. The summed E-state index contributed by atoms with van der Waals surface area (Å²) in [5.74, 6) is -2.77. The molecule has 2 rings (SSSR count). The minimum atomic E-state index is -1.07. The van der Waals surface area contributed by atoms with Crippen LogP contribution in [0.1, 0.15) is 16.1 Å². The van der Waals surface area contributed by atoms with E-state index in [0.29, 0.717) is 5.13 Å². The third-order valence-electron chi connectivity index (χ3n) is 2.48. The van der Waals surface area contributed by atoms with Gasteiger partial charge in [-0.05, 0) is 19.1 Å². The van der Waals surface area contributed by atoms with Crippen LogP contribution in [0.3, 0.4) is 0 Å². The van der Waals surface area contributed by atoms with Gasteiger partial charge in [-0.15, -0.1) is 11.3 Å². The van der Waals surface area contributed by atoms with Crippen molar-refractivity contribution in [2.75, 3.05) is 11.1 Å². The normalized spacial score (nSPS) is 9.95. The highest BCUT2D eigenvalue weighted by atomic mass is 32.1. The molecule has 0 saturated heterocycles. The van der Waals surface area contributed by atoms with E-state index in [2.05, 4.69) is 10.3 Å². The van der Waals surface area contributed by atoms with Crippen molar-refractivity contribution in [3.63, 3.8) is 0 Å². The van der Waals surface area contributed by atoms with Gasteiger partial charge in [-0.25, -0.2) is 4.98 Å². The largest absolute Gasteiger partial charge is 0.398 e. The maximum atomic E-state index is 11.8. The molecule has 1 aromatic carbocycles. The first-order valence-electron chi connectivity index (χ1n) is 5.90. The lowest BCUT2D eigenvalue weighted by molar-refractivity contribution is -0.135. The maximum Gasteiger partial charge on any atom is 0.316 e. The zero-order valence-corrected chi connectivity index (χ0v) is 11.9. The Bertz CT molecular complexity index is 711. The average Bonchev–Trinajstić information content (AvgIpc) is 2.84. The quantitative estimate of drug-likeness (QED) is 0.564. The van der Waals surface area contributed by atoms with Crippen LogP contribution >= 0.6 is 11.3 Å². The smallest absolute Gasteiger partial charge is 0.316 e. The van der Waals surface area contributed by atoms with Crippen LogP contribution in [0.15, 0.2) is 29.6 Å². The highest BCUT2D eigenvalue weighted by Crippen LogP contribution is 2.14. The van der Waals surface area contributed by atoms with Crippen molar-refractivity contribution >= 4 is 39.9 Å². The summed E-state index contributed by atoms with van der Waals surface area (Å²) in [5, 5.41) is 6.29. The monoisotopic (exact) mass is 304 g/mol. The number of imide groups is 1. The molecule has 7 nitrogen and oxygen atoms in total. The van der Waals surface area contributed by atoms with Crippen LogP contribution < -0.4 is 16.4 Å². The number of hydrogen-bond acceptors (Lipinski definition) is 6. The number of carbonyl (C=O) groups is 3. The first-order chi connectivity index (χ1) is 9.97. The number of benzene rings is 1. The summed E-state index contributed by atoms with van der Waals surface area (Å²) in [6, 6.07) is 6.25. The molecule has 0 aliphatic heterocycles. The van der Waals surface area contributed by atoms with Gasteiger partial charge in [-0.3, -0.25) is 25.0 Å². The van der Waals surface area contributed by atoms with Crippen molar-refractivity contribution in [3.05, 3.63) is 40.9 Å². The highest BCUT2D eigenvalue weighted by Gasteiger charge is 2.19. The van der Waals surface area contributed by atoms with Crippen molar-refractivity contribution in [2.24, 2.45) is 0 Å². The van der Waals surface area contributed by atoms with Crippen molar-refractivity contribution in [2.45, 2.75) is 6.92 Å². The van der Waals surface area contributed by atoms with Crippen LogP contribution in [-0.2, 0) is 9.59 Å². The summed E-state index contributed by atoms with van der Waals surface area (Å²) in [5.41, 5.74) is 6.69. The van der Waals surface area contributed by atoms with Crippen molar-refractivity contribution in [1.29, 1.82) is 0 Å². The molecule has 0 spiro atoms. The van der Waals surface area contributed by atoms with Crippen molar-refractivity contribution in [3.8, 4) is 0 Å². The maximum absolute atomic E-state index is 11.8. The van der Waals surface area contributed by atoms with E-state index >= 15 is 0 Å². The van der Waals surface area contributed by atoms with E-state index in [1.807, 2.05) is 5.32 Å². The number of nitrogens with two attached hydrogens (primary N) is 1. The molecule has 0 bridgehead atoms. The molecule has 0 radical (unpaired) electrons. The molecule has 0 aliphatic carbocycles. The lowest BCUT2D eigenvalue weighted by atomic mass is 10.1. The number of hydrogen-bond donors (Lipinski definition) is 3. The van der Waals surface area contributed by atoms with Gasteiger partial charge >= 0.3 is 11.8 Å². The Morgan fingerprint density at radius 2 is 1.90 bits per heavy atom. The second kappa shape index (κ2) is 6.14. The molecule has 2 aromatic rings. The van der Waals surface area contributed by atoms with Crippen molar-refractivity contribution in [1.82, 2.24) is 10.3 Å². The van der Waals surface area contributed by atoms with Gasteiger partial charge in [0.25, 0.3) is 5.91 Å². The number of rotatable bonds is 2. The third-order valence-corrected chi connectivity index (χ3v) is 3.35. The number of aromatic nitrogens is 1. The lowest BCUT2D eigenvalue weighted by Crippen LogP contribution is -2.39. The van der Waals surface area contributed by atoms with Crippen LogP contribution in [-0.4, -0.2) is 22.7 Å². The van der Waals surface area contributed by atoms with Gasteiger partial charge in [0, 0.05) is 11.1 Å². The van der Waals surface area contributed by atoms with Crippen LogP contribution in [0, 0.1) is 6.92 Å². The topological polar surface area (TPSA) is 114 Å². The molecule has 0 aliphatic rings. The van der Waals surface area contributed by atoms with Gasteiger partial charge in [0.15, 0.2) is 5.13 Å². The fourth-order valence-corrected chi connectivity index (χ4v) is 2.18. The van der Waals surface area contributed by atoms with Crippen LogP contribution in [0.2, 0.25) is 0 Å². The molecule has 8 heteroatoms. The molecule has 0 fully saturated rings. The SMILES string of the molecule is Cc1csc(NC(=O)C(=O)NC(=O)c2ccccc2N)n1. The van der Waals surface area contributed by atoms with Gasteiger partial charge in [0.05, 0.1) is 11.3 Å². The number of amides is 3. The van der Waals surface area contributed by atoms with Gasteiger partial charge < -0.3 is 5.73 Å². The molecule has 0 atom stereocenters. The Morgan fingerprint density at radius 1 is 1.19 bits per heavy atom. The molecule has 21 heavy (non-hydrogen) atoms. The van der Waals surface area contributed by atoms with E-state index in [-0.39, 0.29) is 11.3 Å². The molecular weight excluding hydrogens is 292 g/mol. The first-order valence-corrected chi connectivity index (χ1v) is 6.78. The predicted octanol–water partition coefficient (Wildman–Crippen LogP) is 0.929. The number of carbonyl (C=O) groups excluding carboxylic acids is 3. The Hall–Kier alpha value is -2.74.